The second kappa shape index (κ2) is 5.56. The quantitative estimate of drug-likeness (QED) is 0.912. The number of nitriles is 1. The van der Waals surface area contributed by atoms with E-state index in [9.17, 15) is 0 Å². The molecule has 0 radical (unpaired) electrons. The molecule has 4 heteroatoms. The van der Waals surface area contributed by atoms with Gasteiger partial charge >= 0.3 is 0 Å². The number of benzene rings is 1. The molecule has 0 saturated carbocycles. The molecule has 3 nitrogen and oxygen atoms in total. The third-order valence-corrected chi connectivity index (χ3v) is 3.57. The van der Waals surface area contributed by atoms with Gasteiger partial charge in [0.1, 0.15) is 16.7 Å². The molecule has 0 aliphatic carbocycles. The van der Waals surface area contributed by atoms with Crippen LogP contribution in [-0.2, 0) is 6.54 Å². The van der Waals surface area contributed by atoms with Crippen molar-refractivity contribution >= 4 is 17.0 Å². The molecule has 18 heavy (non-hydrogen) atoms. The smallest absolute Gasteiger partial charge is 0.142 e. The average molecular weight is 258 g/mol. The lowest BCUT2D eigenvalue weighted by molar-refractivity contribution is 0.416. The van der Waals surface area contributed by atoms with Gasteiger partial charge in [-0.15, -0.1) is 11.3 Å². The van der Waals surface area contributed by atoms with E-state index >= 15 is 0 Å². The van der Waals surface area contributed by atoms with Crippen molar-refractivity contribution in [1.82, 2.24) is 0 Å². The number of ether oxygens (including phenoxy) is 1. The molecule has 0 aliphatic rings. The van der Waals surface area contributed by atoms with Crippen LogP contribution >= 0.6 is 11.3 Å². The Balaban J connectivity index is 2.08. The number of nitrogens with one attached hydrogen (secondary N) is 1. The molecule has 1 N–H and O–H groups in total. The van der Waals surface area contributed by atoms with E-state index in [1.54, 1.807) is 7.11 Å². The van der Waals surface area contributed by atoms with Crippen LogP contribution < -0.4 is 10.1 Å². The zero-order valence-corrected chi connectivity index (χ0v) is 11.2. The molecule has 0 amide bonds. The molecule has 0 spiro atoms. The summed E-state index contributed by atoms with van der Waals surface area (Å²) < 4.78 is 5.33. The van der Waals surface area contributed by atoms with E-state index in [0.717, 1.165) is 21.2 Å². The summed E-state index contributed by atoms with van der Waals surface area (Å²) in [7, 11) is 1.67. The van der Waals surface area contributed by atoms with E-state index < -0.39 is 0 Å². The Hall–Kier alpha value is -1.99. The summed E-state index contributed by atoms with van der Waals surface area (Å²) in [6, 6.07) is 12.0. The van der Waals surface area contributed by atoms with Crippen LogP contribution in [0.15, 0.2) is 30.3 Å². The van der Waals surface area contributed by atoms with E-state index in [1.807, 2.05) is 37.3 Å². The van der Waals surface area contributed by atoms with Gasteiger partial charge in [0.2, 0.25) is 0 Å². The highest BCUT2D eigenvalue weighted by atomic mass is 32.1. The lowest BCUT2D eigenvalue weighted by Crippen LogP contribution is -2.00. The predicted molar refractivity (Wildman–Crippen MR) is 74.1 cm³/mol. The lowest BCUT2D eigenvalue weighted by atomic mass is 10.2. The topological polar surface area (TPSA) is 45.0 Å². The molecule has 1 aromatic carbocycles. The van der Waals surface area contributed by atoms with Crippen molar-refractivity contribution < 1.29 is 4.74 Å². The molecular formula is C14H14N2OS. The Labute approximate surface area is 111 Å². The lowest BCUT2D eigenvalue weighted by Gasteiger charge is -2.11. The van der Waals surface area contributed by atoms with Gasteiger partial charge < -0.3 is 10.1 Å². The molecule has 2 rings (SSSR count). The van der Waals surface area contributed by atoms with E-state index in [0.29, 0.717) is 6.54 Å². The number of aryl methyl sites for hydroxylation is 1. The molecule has 92 valence electrons. The number of hydrogen-bond acceptors (Lipinski definition) is 4. The zero-order chi connectivity index (χ0) is 13.0. The van der Waals surface area contributed by atoms with Crippen molar-refractivity contribution in [3.8, 4) is 11.8 Å². The van der Waals surface area contributed by atoms with Crippen molar-refractivity contribution in [2.24, 2.45) is 0 Å². The SMILES string of the molecule is COc1cc(C)ccc1NCc1ccc(C#N)s1. The molecule has 0 atom stereocenters. The molecule has 0 unspecified atom stereocenters. The Bertz CT molecular complexity index is 584. The van der Waals surface area contributed by atoms with E-state index in [4.69, 9.17) is 10.00 Å². The van der Waals surface area contributed by atoms with Crippen molar-refractivity contribution in [2.45, 2.75) is 13.5 Å². The average Bonchev–Trinajstić information content (AvgIpc) is 2.85. The van der Waals surface area contributed by atoms with Gasteiger partial charge in [-0.05, 0) is 36.8 Å². The minimum absolute atomic E-state index is 0.700. The summed E-state index contributed by atoms with van der Waals surface area (Å²) in [5.74, 6) is 0.840. The molecule has 1 aromatic heterocycles. The van der Waals surface area contributed by atoms with Crippen LogP contribution in [0.1, 0.15) is 15.3 Å². The number of nitrogens with zero attached hydrogens (tertiary/aromatic N) is 1. The fourth-order valence-electron chi connectivity index (χ4n) is 1.66. The van der Waals surface area contributed by atoms with Crippen LogP contribution in [0.4, 0.5) is 5.69 Å². The number of methoxy groups -OCH3 is 1. The first kappa shape index (κ1) is 12.5. The Morgan fingerprint density at radius 2 is 2.17 bits per heavy atom. The molecule has 1 heterocycles. The second-order valence-corrected chi connectivity index (χ2v) is 5.10. The van der Waals surface area contributed by atoms with E-state index in [2.05, 4.69) is 11.4 Å². The molecule has 2 aromatic rings. The molecule has 0 fully saturated rings. The molecule has 0 aliphatic heterocycles. The largest absolute Gasteiger partial charge is 0.495 e. The minimum Gasteiger partial charge on any atom is -0.495 e. The standard InChI is InChI=1S/C14H14N2OS/c1-10-3-6-13(14(7-10)17-2)16-9-12-5-4-11(8-15)18-12/h3-7,16H,9H2,1-2H3. The maximum atomic E-state index is 8.77. The van der Waals surface area contributed by atoms with Crippen LogP contribution in [0.25, 0.3) is 0 Å². The van der Waals surface area contributed by atoms with Crippen molar-refractivity contribution in [3.63, 3.8) is 0 Å². The second-order valence-electron chi connectivity index (χ2n) is 3.94. The van der Waals surface area contributed by atoms with Gasteiger partial charge in [0.15, 0.2) is 0 Å². The van der Waals surface area contributed by atoms with E-state index in [1.165, 1.54) is 16.9 Å². The Morgan fingerprint density at radius 3 is 2.83 bits per heavy atom. The monoisotopic (exact) mass is 258 g/mol. The first-order valence-electron chi connectivity index (χ1n) is 5.60. The maximum Gasteiger partial charge on any atom is 0.142 e. The fraction of sp³-hybridized carbons (Fsp3) is 0.214. The summed E-state index contributed by atoms with van der Waals surface area (Å²) in [4.78, 5) is 1.87. The van der Waals surface area contributed by atoms with Crippen LogP contribution in [0.5, 0.6) is 5.75 Å². The summed E-state index contributed by atoms with van der Waals surface area (Å²) >= 11 is 1.50. The van der Waals surface area contributed by atoms with Crippen LogP contribution in [0.2, 0.25) is 0 Å². The minimum atomic E-state index is 0.700. The highest BCUT2D eigenvalue weighted by Gasteiger charge is 2.04. The molecule has 0 saturated heterocycles. The summed E-state index contributed by atoms with van der Waals surface area (Å²) in [6.45, 7) is 2.73. The van der Waals surface area contributed by atoms with Crippen molar-refractivity contribution in [1.29, 1.82) is 5.26 Å². The molecule has 0 bridgehead atoms. The van der Waals surface area contributed by atoms with Crippen LogP contribution in [0, 0.1) is 18.3 Å². The van der Waals surface area contributed by atoms with E-state index in [-0.39, 0.29) is 0 Å². The third kappa shape index (κ3) is 2.82. The van der Waals surface area contributed by atoms with Gasteiger partial charge in [0.25, 0.3) is 0 Å². The van der Waals surface area contributed by atoms with Gasteiger partial charge in [-0.2, -0.15) is 5.26 Å². The van der Waals surface area contributed by atoms with Crippen molar-refractivity contribution in [3.05, 3.63) is 45.6 Å². The third-order valence-electron chi connectivity index (χ3n) is 2.58. The Morgan fingerprint density at radius 1 is 1.33 bits per heavy atom. The van der Waals surface area contributed by atoms with Gasteiger partial charge in [0.05, 0.1) is 12.8 Å². The number of rotatable bonds is 4. The first-order valence-corrected chi connectivity index (χ1v) is 6.42. The highest BCUT2D eigenvalue weighted by Crippen LogP contribution is 2.26. The van der Waals surface area contributed by atoms with Gasteiger partial charge in [-0.3, -0.25) is 0 Å². The van der Waals surface area contributed by atoms with Gasteiger partial charge in [0, 0.05) is 11.4 Å². The summed E-state index contributed by atoms with van der Waals surface area (Å²) in [5, 5.41) is 12.1. The summed E-state index contributed by atoms with van der Waals surface area (Å²) in [5.41, 5.74) is 2.13. The van der Waals surface area contributed by atoms with Crippen LogP contribution in [-0.4, -0.2) is 7.11 Å². The number of anilines is 1. The maximum absolute atomic E-state index is 8.77. The number of thiophene rings is 1. The van der Waals surface area contributed by atoms with Crippen molar-refractivity contribution in [2.75, 3.05) is 12.4 Å². The molecular weight excluding hydrogens is 244 g/mol. The van der Waals surface area contributed by atoms with Crippen LogP contribution in [0.3, 0.4) is 0 Å². The number of hydrogen-bond donors (Lipinski definition) is 1. The van der Waals surface area contributed by atoms with Gasteiger partial charge in [-0.25, -0.2) is 0 Å². The van der Waals surface area contributed by atoms with Gasteiger partial charge in [-0.1, -0.05) is 6.07 Å². The normalized spacial score (nSPS) is 9.83. The Kier molecular flexibility index (Phi) is 3.85. The summed E-state index contributed by atoms with van der Waals surface area (Å²) in [6.07, 6.45) is 0. The highest BCUT2D eigenvalue weighted by molar-refractivity contribution is 7.12. The predicted octanol–water partition coefficient (Wildman–Crippen LogP) is 3.55. The zero-order valence-electron chi connectivity index (χ0n) is 10.4. The first-order chi connectivity index (χ1) is 8.72. The fourth-order valence-corrected chi connectivity index (χ4v) is 2.40.